The Morgan fingerprint density at radius 2 is 1.65 bits per heavy atom. The number of oxime groups is 1. The lowest BCUT2D eigenvalue weighted by Gasteiger charge is -2.23. The van der Waals surface area contributed by atoms with Gasteiger partial charge in [0.1, 0.15) is 0 Å². The molecule has 2 amide bonds. The fraction of sp³-hybridized carbons (Fsp3) is 0.222. The van der Waals surface area contributed by atoms with Gasteiger partial charge in [-0.3, -0.25) is 14.5 Å². The molecule has 3 aliphatic rings. The Balaban J connectivity index is 1.26. The van der Waals surface area contributed by atoms with Crippen molar-refractivity contribution >= 4 is 40.7 Å². The first-order valence-corrected chi connectivity index (χ1v) is 11.9. The van der Waals surface area contributed by atoms with Gasteiger partial charge in [0.2, 0.25) is 0 Å². The molecule has 1 aliphatic carbocycles. The van der Waals surface area contributed by atoms with Crippen molar-refractivity contribution in [1.82, 2.24) is 4.90 Å². The van der Waals surface area contributed by atoms with Crippen LogP contribution in [0.1, 0.15) is 68.8 Å². The predicted molar refractivity (Wildman–Crippen MR) is 130 cm³/mol. The van der Waals surface area contributed by atoms with Crippen LogP contribution in [-0.4, -0.2) is 22.4 Å². The number of benzene rings is 3. The standard InChI is InChI=1S/C27H20Cl2N2O3/c1-27(17-11-18(28)13-19(29)12-17)14-23(30-34-27)16-6-8-20-15(10-16)7-9-24(20)31-25(32)21-4-2-3-5-22(21)26(31)33/h2-6,8,10-13,24H,7,9,14H2,1H3. The van der Waals surface area contributed by atoms with Crippen molar-refractivity contribution in [3.8, 4) is 0 Å². The Morgan fingerprint density at radius 3 is 2.32 bits per heavy atom. The third-order valence-electron chi connectivity index (χ3n) is 6.99. The molecule has 0 radical (unpaired) electrons. The minimum atomic E-state index is -0.661. The van der Waals surface area contributed by atoms with Gasteiger partial charge in [-0.15, -0.1) is 0 Å². The van der Waals surface area contributed by atoms with Crippen molar-refractivity contribution in [2.75, 3.05) is 0 Å². The van der Waals surface area contributed by atoms with E-state index in [9.17, 15) is 9.59 Å². The van der Waals surface area contributed by atoms with Crippen molar-refractivity contribution in [1.29, 1.82) is 0 Å². The summed E-state index contributed by atoms with van der Waals surface area (Å²) in [6.45, 7) is 1.97. The fourth-order valence-electron chi connectivity index (χ4n) is 5.24. The molecule has 2 atom stereocenters. The highest BCUT2D eigenvalue weighted by atomic mass is 35.5. The molecule has 0 saturated carbocycles. The summed E-state index contributed by atoms with van der Waals surface area (Å²) in [5.41, 5.74) is 5.12. The molecule has 2 heterocycles. The zero-order chi connectivity index (χ0) is 23.6. The molecule has 34 heavy (non-hydrogen) atoms. The molecule has 0 aromatic heterocycles. The average molecular weight is 491 g/mol. The Hall–Kier alpha value is -3.15. The summed E-state index contributed by atoms with van der Waals surface area (Å²) in [6.07, 6.45) is 2.08. The number of fused-ring (bicyclic) bond motifs is 2. The second-order valence-corrected chi connectivity index (χ2v) is 10.1. The van der Waals surface area contributed by atoms with E-state index in [4.69, 9.17) is 28.0 Å². The maximum Gasteiger partial charge on any atom is 0.262 e. The molecule has 0 spiro atoms. The predicted octanol–water partition coefficient (Wildman–Crippen LogP) is 6.32. The number of imide groups is 1. The van der Waals surface area contributed by atoms with Crippen LogP contribution in [0.3, 0.4) is 0 Å². The van der Waals surface area contributed by atoms with E-state index >= 15 is 0 Å². The quantitative estimate of drug-likeness (QED) is 0.403. The number of amides is 2. The number of hydrogen-bond acceptors (Lipinski definition) is 4. The van der Waals surface area contributed by atoms with Crippen LogP contribution < -0.4 is 0 Å². The maximum atomic E-state index is 13.0. The van der Waals surface area contributed by atoms with Crippen LogP contribution in [0.15, 0.2) is 65.8 Å². The van der Waals surface area contributed by atoms with E-state index < -0.39 is 5.60 Å². The Labute approximate surface area is 206 Å². The lowest BCUT2D eigenvalue weighted by molar-refractivity contribution is -0.00738. The summed E-state index contributed by atoms with van der Waals surface area (Å²) >= 11 is 12.4. The van der Waals surface area contributed by atoms with Gasteiger partial charge in [-0.2, -0.15) is 0 Å². The van der Waals surface area contributed by atoms with Crippen molar-refractivity contribution < 1.29 is 14.4 Å². The molecule has 3 aromatic rings. The number of carbonyl (C=O) groups is 2. The van der Waals surface area contributed by atoms with Crippen molar-refractivity contribution in [2.45, 2.75) is 37.8 Å². The smallest absolute Gasteiger partial charge is 0.262 e. The van der Waals surface area contributed by atoms with E-state index in [1.54, 1.807) is 30.3 Å². The van der Waals surface area contributed by atoms with Gasteiger partial charge in [-0.1, -0.05) is 52.6 Å². The largest absolute Gasteiger partial charge is 0.384 e. The minimum Gasteiger partial charge on any atom is -0.384 e. The Morgan fingerprint density at radius 1 is 0.971 bits per heavy atom. The minimum absolute atomic E-state index is 0.216. The molecule has 6 rings (SSSR count). The van der Waals surface area contributed by atoms with Crippen LogP contribution >= 0.6 is 23.2 Å². The van der Waals surface area contributed by atoms with Crippen molar-refractivity contribution in [3.63, 3.8) is 0 Å². The van der Waals surface area contributed by atoms with Crippen LogP contribution in [0.5, 0.6) is 0 Å². The summed E-state index contributed by atoms with van der Waals surface area (Å²) in [7, 11) is 0. The highest BCUT2D eigenvalue weighted by Gasteiger charge is 2.43. The molecule has 0 bridgehead atoms. The lowest BCUT2D eigenvalue weighted by atomic mass is 9.88. The first-order valence-electron chi connectivity index (χ1n) is 11.2. The third kappa shape index (κ3) is 3.26. The molecule has 3 aromatic carbocycles. The van der Waals surface area contributed by atoms with Gasteiger partial charge in [0, 0.05) is 22.0 Å². The molecule has 0 saturated heterocycles. The topological polar surface area (TPSA) is 59.0 Å². The summed E-state index contributed by atoms with van der Waals surface area (Å²) in [6, 6.07) is 18.3. The molecule has 170 valence electrons. The number of rotatable bonds is 3. The van der Waals surface area contributed by atoms with E-state index in [2.05, 4.69) is 11.2 Å². The molecule has 7 heteroatoms. The summed E-state index contributed by atoms with van der Waals surface area (Å²) in [5, 5.41) is 5.49. The van der Waals surface area contributed by atoms with Gasteiger partial charge in [0.25, 0.3) is 11.8 Å². The summed E-state index contributed by atoms with van der Waals surface area (Å²) < 4.78 is 0. The summed E-state index contributed by atoms with van der Waals surface area (Å²) in [5.74, 6) is -0.431. The first-order chi connectivity index (χ1) is 16.3. The number of nitrogens with zero attached hydrogens (tertiary/aromatic N) is 2. The second-order valence-electron chi connectivity index (χ2n) is 9.19. The number of carbonyl (C=O) groups excluding carboxylic acids is 2. The average Bonchev–Trinajstić information content (AvgIpc) is 3.49. The third-order valence-corrected chi connectivity index (χ3v) is 7.43. The number of halogens is 2. The molecule has 5 nitrogen and oxygen atoms in total. The molecule has 2 aliphatic heterocycles. The second kappa shape index (κ2) is 7.69. The van der Waals surface area contributed by atoms with Crippen LogP contribution in [0.4, 0.5) is 0 Å². The first kappa shape index (κ1) is 21.4. The highest BCUT2D eigenvalue weighted by Crippen LogP contribution is 2.42. The maximum absolute atomic E-state index is 13.0. The SMILES string of the molecule is CC1(c2cc(Cl)cc(Cl)c2)CC(c2ccc3c(c2)CCC3N2C(=O)c3ccccc3C2=O)=NO1. The molecular formula is C27H20Cl2N2O3. The Bertz CT molecular complexity index is 1360. The highest BCUT2D eigenvalue weighted by molar-refractivity contribution is 6.34. The van der Waals surface area contributed by atoms with E-state index in [-0.39, 0.29) is 17.9 Å². The molecule has 2 unspecified atom stereocenters. The molecule has 0 fully saturated rings. The van der Waals surface area contributed by atoms with Gasteiger partial charge in [-0.25, -0.2) is 0 Å². The van der Waals surface area contributed by atoms with E-state index in [0.29, 0.717) is 34.0 Å². The van der Waals surface area contributed by atoms with E-state index in [1.807, 2.05) is 31.2 Å². The van der Waals surface area contributed by atoms with E-state index in [1.165, 1.54) is 4.90 Å². The van der Waals surface area contributed by atoms with Gasteiger partial charge >= 0.3 is 0 Å². The van der Waals surface area contributed by atoms with Crippen molar-refractivity contribution in [3.05, 3.63) is 104 Å². The zero-order valence-electron chi connectivity index (χ0n) is 18.3. The van der Waals surface area contributed by atoms with Gasteiger partial charge < -0.3 is 4.84 Å². The number of hydrogen-bond donors (Lipinski definition) is 0. The van der Waals surface area contributed by atoms with Crippen LogP contribution in [0.2, 0.25) is 10.0 Å². The van der Waals surface area contributed by atoms with Gasteiger partial charge in [-0.05, 0) is 72.9 Å². The molecular weight excluding hydrogens is 471 g/mol. The lowest BCUT2D eigenvalue weighted by Crippen LogP contribution is -2.33. The van der Waals surface area contributed by atoms with Gasteiger partial charge in [0.05, 0.1) is 22.9 Å². The zero-order valence-corrected chi connectivity index (χ0v) is 19.9. The summed E-state index contributed by atoms with van der Waals surface area (Å²) in [4.78, 5) is 33.3. The van der Waals surface area contributed by atoms with Crippen LogP contribution in [0, 0.1) is 0 Å². The number of aryl methyl sites for hydroxylation is 1. The van der Waals surface area contributed by atoms with Crippen LogP contribution in [0.25, 0.3) is 0 Å². The fourth-order valence-corrected chi connectivity index (χ4v) is 5.77. The van der Waals surface area contributed by atoms with Gasteiger partial charge in [0.15, 0.2) is 5.60 Å². The normalized spacial score (nSPS) is 23.1. The molecule has 0 N–H and O–H groups in total. The van der Waals surface area contributed by atoms with E-state index in [0.717, 1.165) is 34.4 Å². The monoisotopic (exact) mass is 490 g/mol. The van der Waals surface area contributed by atoms with Crippen molar-refractivity contribution in [2.24, 2.45) is 5.16 Å². The van der Waals surface area contributed by atoms with Crippen LogP contribution in [-0.2, 0) is 16.9 Å². The Kier molecular flexibility index (Phi) is 4.84.